The molecule has 0 saturated heterocycles. The molecule has 1 aromatic carbocycles. The maximum absolute atomic E-state index is 11.6. The van der Waals surface area contributed by atoms with Gasteiger partial charge < -0.3 is 9.72 Å². The first-order valence-electron chi connectivity index (χ1n) is 6.66. The van der Waals surface area contributed by atoms with E-state index in [2.05, 4.69) is 9.97 Å². The topological polar surface area (TPSA) is 72.0 Å². The van der Waals surface area contributed by atoms with E-state index in [9.17, 15) is 8.42 Å². The molecule has 108 valence electrons. The maximum atomic E-state index is 11.6. The fourth-order valence-electron chi connectivity index (χ4n) is 2.69. The van der Waals surface area contributed by atoms with Crippen LogP contribution in [-0.4, -0.2) is 37.4 Å². The minimum absolute atomic E-state index is 0.0897. The van der Waals surface area contributed by atoms with Crippen LogP contribution in [0.25, 0.3) is 11.0 Å². The second kappa shape index (κ2) is 4.56. The number of methoxy groups -OCH3 is 1. The summed E-state index contributed by atoms with van der Waals surface area (Å²) in [4.78, 5) is 8.04. The van der Waals surface area contributed by atoms with Crippen LogP contribution in [0.15, 0.2) is 23.1 Å². The second-order valence-electron chi connectivity index (χ2n) is 5.55. The molecule has 1 heterocycles. The number of aromatic nitrogens is 2. The summed E-state index contributed by atoms with van der Waals surface area (Å²) in [5.41, 5.74) is 1.46. The number of hydrogen-bond acceptors (Lipinski definition) is 4. The Morgan fingerprint density at radius 3 is 2.70 bits per heavy atom. The number of sulfone groups is 1. The van der Waals surface area contributed by atoms with E-state index in [1.54, 1.807) is 25.3 Å². The Hall–Kier alpha value is -1.40. The number of fused-ring (bicyclic) bond motifs is 1. The molecule has 0 spiro atoms. The van der Waals surface area contributed by atoms with Gasteiger partial charge in [0.2, 0.25) is 0 Å². The van der Waals surface area contributed by atoms with Crippen LogP contribution in [0.2, 0.25) is 0 Å². The highest BCUT2D eigenvalue weighted by atomic mass is 32.2. The van der Waals surface area contributed by atoms with Crippen molar-refractivity contribution in [2.45, 2.75) is 36.2 Å². The number of hydrogen-bond donors (Lipinski definition) is 1. The van der Waals surface area contributed by atoms with Gasteiger partial charge in [-0.3, -0.25) is 0 Å². The van der Waals surface area contributed by atoms with Crippen LogP contribution in [0, 0.1) is 0 Å². The van der Waals surface area contributed by atoms with Gasteiger partial charge in [-0.1, -0.05) is 0 Å². The van der Waals surface area contributed by atoms with Gasteiger partial charge in [-0.25, -0.2) is 13.4 Å². The molecule has 6 heteroatoms. The standard InChI is InChI=1S/C14H18N2O3S/c1-19-14(6-3-7-14)9-13-15-11-5-4-10(20(2,17)18)8-12(11)16-13/h4-5,8H,3,6-7,9H2,1-2H3,(H,15,16). The Labute approximate surface area is 118 Å². The predicted octanol–water partition coefficient (Wildman–Crippen LogP) is 2.08. The minimum atomic E-state index is -3.19. The molecule has 1 aliphatic carbocycles. The molecule has 1 saturated carbocycles. The number of nitrogens with one attached hydrogen (secondary N) is 1. The fraction of sp³-hybridized carbons (Fsp3) is 0.500. The highest BCUT2D eigenvalue weighted by molar-refractivity contribution is 7.90. The summed E-state index contributed by atoms with van der Waals surface area (Å²) in [5, 5.41) is 0. The van der Waals surface area contributed by atoms with Crippen molar-refractivity contribution in [3.8, 4) is 0 Å². The quantitative estimate of drug-likeness (QED) is 0.937. The molecule has 20 heavy (non-hydrogen) atoms. The van der Waals surface area contributed by atoms with Crippen LogP contribution < -0.4 is 0 Å². The lowest BCUT2D eigenvalue weighted by atomic mass is 9.77. The Morgan fingerprint density at radius 1 is 1.40 bits per heavy atom. The van der Waals surface area contributed by atoms with Gasteiger partial charge in [0.15, 0.2) is 9.84 Å². The van der Waals surface area contributed by atoms with Gasteiger partial charge in [0, 0.05) is 19.8 Å². The lowest BCUT2D eigenvalue weighted by Gasteiger charge is -2.39. The third-order valence-electron chi connectivity index (χ3n) is 4.12. The second-order valence-corrected chi connectivity index (χ2v) is 7.57. The Balaban J connectivity index is 1.95. The van der Waals surface area contributed by atoms with Gasteiger partial charge in [-0.05, 0) is 37.5 Å². The molecular formula is C14H18N2O3S. The summed E-state index contributed by atoms with van der Waals surface area (Å²) in [7, 11) is -1.45. The molecule has 1 N–H and O–H groups in total. The summed E-state index contributed by atoms with van der Waals surface area (Å²) >= 11 is 0. The molecule has 0 unspecified atom stereocenters. The third kappa shape index (κ3) is 2.33. The molecule has 2 aromatic rings. The first-order chi connectivity index (χ1) is 9.42. The number of rotatable bonds is 4. The van der Waals surface area contributed by atoms with E-state index < -0.39 is 9.84 Å². The molecule has 1 fully saturated rings. The summed E-state index contributed by atoms with van der Waals surface area (Å²) < 4.78 is 28.7. The number of ether oxygens (including phenoxy) is 1. The number of aromatic amines is 1. The summed E-state index contributed by atoms with van der Waals surface area (Å²) in [6.07, 6.45) is 5.24. The van der Waals surface area contributed by atoms with Crippen LogP contribution in [0.3, 0.4) is 0 Å². The van der Waals surface area contributed by atoms with Gasteiger partial charge in [-0.15, -0.1) is 0 Å². The third-order valence-corrected chi connectivity index (χ3v) is 5.23. The summed E-state index contributed by atoms with van der Waals surface area (Å²) in [5.74, 6) is 0.854. The lowest BCUT2D eigenvalue weighted by Crippen LogP contribution is -2.41. The summed E-state index contributed by atoms with van der Waals surface area (Å²) in [6, 6.07) is 4.98. The Morgan fingerprint density at radius 2 is 2.15 bits per heavy atom. The van der Waals surface area contributed by atoms with Crippen molar-refractivity contribution in [2.24, 2.45) is 0 Å². The smallest absolute Gasteiger partial charge is 0.175 e. The molecule has 0 atom stereocenters. The van der Waals surface area contributed by atoms with Crippen LogP contribution in [-0.2, 0) is 21.0 Å². The van der Waals surface area contributed by atoms with Crippen molar-refractivity contribution < 1.29 is 13.2 Å². The van der Waals surface area contributed by atoms with Crippen molar-refractivity contribution in [1.82, 2.24) is 9.97 Å². The van der Waals surface area contributed by atoms with Crippen LogP contribution in [0.5, 0.6) is 0 Å². The van der Waals surface area contributed by atoms with Gasteiger partial charge in [0.25, 0.3) is 0 Å². The molecule has 1 aliphatic rings. The molecule has 3 rings (SSSR count). The number of imidazole rings is 1. The normalized spacial score (nSPS) is 18.1. The van der Waals surface area contributed by atoms with Crippen molar-refractivity contribution in [3.05, 3.63) is 24.0 Å². The van der Waals surface area contributed by atoms with E-state index in [0.29, 0.717) is 4.90 Å². The largest absolute Gasteiger partial charge is 0.378 e. The zero-order chi connectivity index (χ0) is 14.4. The van der Waals surface area contributed by atoms with Crippen molar-refractivity contribution in [3.63, 3.8) is 0 Å². The van der Waals surface area contributed by atoms with Crippen molar-refractivity contribution in [2.75, 3.05) is 13.4 Å². The average Bonchev–Trinajstić information content (AvgIpc) is 2.73. The van der Waals surface area contributed by atoms with Gasteiger partial charge >= 0.3 is 0 Å². The average molecular weight is 294 g/mol. The molecule has 5 nitrogen and oxygen atoms in total. The maximum Gasteiger partial charge on any atom is 0.175 e. The SMILES string of the molecule is COC1(Cc2nc3ccc(S(C)(=O)=O)cc3[nH]2)CCC1. The van der Waals surface area contributed by atoms with Crippen molar-refractivity contribution >= 4 is 20.9 Å². The predicted molar refractivity (Wildman–Crippen MR) is 76.5 cm³/mol. The van der Waals surface area contributed by atoms with Crippen LogP contribution in [0.1, 0.15) is 25.1 Å². The van der Waals surface area contributed by atoms with E-state index >= 15 is 0 Å². The van der Waals surface area contributed by atoms with Crippen molar-refractivity contribution in [1.29, 1.82) is 0 Å². The van der Waals surface area contributed by atoms with E-state index in [0.717, 1.165) is 36.1 Å². The van der Waals surface area contributed by atoms with Gasteiger partial charge in [0.05, 0.1) is 21.5 Å². The molecule has 0 bridgehead atoms. The lowest BCUT2D eigenvalue weighted by molar-refractivity contribution is -0.0719. The number of nitrogens with zero attached hydrogens (tertiary/aromatic N) is 1. The van der Waals surface area contributed by atoms with E-state index in [4.69, 9.17) is 4.74 Å². The van der Waals surface area contributed by atoms with Gasteiger partial charge in [0.1, 0.15) is 5.82 Å². The van der Waals surface area contributed by atoms with E-state index in [1.165, 1.54) is 12.7 Å². The number of H-pyrrole nitrogens is 1. The molecule has 0 radical (unpaired) electrons. The molecule has 0 amide bonds. The molecule has 0 aliphatic heterocycles. The van der Waals surface area contributed by atoms with E-state index in [1.807, 2.05) is 0 Å². The fourth-order valence-corrected chi connectivity index (χ4v) is 3.33. The Bertz CT molecular complexity index is 739. The molecular weight excluding hydrogens is 276 g/mol. The first-order valence-corrected chi connectivity index (χ1v) is 8.55. The first kappa shape index (κ1) is 13.6. The Kier molecular flexibility index (Phi) is 3.10. The van der Waals surface area contributed by atoms with Gasteiger partial charge in [-0.2, -0.15) is 0 Å². The van der Waals surface area contributed by atoms with Crippen LogP contribution in [0.4, 0.5) is 0 Å². The zero-order valence-electron chi connectivity index (χ0n) is 11.6. The zero-order valence-corrected chi connectivity index (χ0v) is 12.5. The summed E-state index contributed by atoms with van der Waals surface area (Å²) in [6.45, 7) is 0. The highest BCUT2D eigenvalue weighted by Gasteiger charge is 2.37. The minimum Gasteiger partial charge on any atom is -0.378 e. The molecule has 1 aromatic heterocycles. The highest BCUT2D eigenvalue weighted by Crippen LogP contribution is 2.37. The van der Waals surface area contributed by atoms with Crippen LogP contribution >= 0.6 is 0 Å². The van der Waals surface area contributed by atoms with E-state index in [-0.39, 0.29) is 5.60 Å². The monoisotopic (exact) mass is 294 g/mol. The number of benzene rings is 1.